The van der Waals surface area contributed by atoms with Crippen LogP contribution in [0, 0.1) is 18.6 Å². The third-order valence-corrected chi connectivity index (χ3v) is 3.18. The summed E-state index contributed by atoms with van der Waals surface area (Å²) in [6.45, 7) is 1.39. The summed E-state index contributed by atoms with van der Waals surface area (Å²) < 4.78 is 31.3. The summed E-state index contributed by atoms with van der Waals surface area (Å²) in [5.41, 5.74) is 0.695. The minimum absolute atomic E-state index is 0.0158. The standard InChI is InChI=1S/C15H14F2N2O4/c1-9-14(23-8-18-9)15(22)19(5-4-13(20)21)7-10-2-3-11(16)12(17)6-10/h2-3,6,8H,4-5,7H2,1H3,(H,20,21). The molecule has 1 N–H and O–H groups in total. The second-order valence-corrected chi connectivity index (χ2v) is 4.89. The predicted octanol–water partition coefficient (Wildman–Crippen LogP) is 2.38. The maximum atomic E-state index is 13.3. The summed E-state index contributed by atoms with van der Waals surface area (Å²) in [6.07, 6.45) is 0.818. The third-order valence-electron chi connectivity index (χ3n) is 3.18. The van der Waals surface area contributed by atoms with Gasteiger partial charge in [0.15, 0.2) is 18.0 Å². The van der Waals surface area contributed by atoms with Crippen LogP contribution in [0.4, 0.5) is 8.78 Å². The molecule has 6 nitrogen and oxygen atoms in total. The molecule has 0 aliphatic heterocycles. The molecule has 1 aromatic carbocycles. The first kappa shape index (κ1) is 16.6. The van der Waals surface area contributed by atoms with Gasteiger partial charge in [-0.3, -0.25) is 9.59 Å². The van der Waals surface area contributed by atoms with Crippen molar-refractivity contribution in [2.45, 2.75) is 19.9 Å². The van der Waals surface area contributed by atoms with E-state index in [0.29, 0.717) is 11.3 Å². The average Bonchev–Trinajstić information content (AvgIpc) is 2.92. The zero-order valence-corrected chi connectivity index (χ0v) is 12.3. The van der Waals surface area contributed by atoms with Crippen LogP contribution in [-0.2, 0) is 11.3 Å². The monoisotopic (exact) mass is 324 g/mol. The van der Waals surface area contributed by atoms with Crippen LogP contribution in [0.5, 0.6) is 0 Å². The van der Waals surface area contributed by atoms with Crippen LogP contribution in [0.1, 0.15) is 28.2 Å². The van der Waals surface area contributed by atoms with Crippen molar-refractivity contribution in [3.63, 3.8) is 0 Å². The first-order valence-corrected chi connectivity index (χ1v) is 6.73. The highest BCUT2D eigenvalue weighted by atomic mass is 19.2. The zero-order valence-electron chi connectivity index (χ0n) is 12.3. The Bertz CT molecular complexity index is 730. The Morgan fingerprint density at radius 2 is 2.04 bits per heavy atom. The lowest BCUT2D eigenvalue weighted by Gasteiger charge is -2.21. The largest absolute Gasteiger partial charge is 0.481 e. The molecule has 0 atom stereocenters. The van der Waals surface area contributed by atoms with Crippen LogP contribution in [-0.4, -0.2) is 33.4 Å². The second kappa shape index (κ2) is 6.99. The molecular weight excluding hydrogens is 310 g/mol. The molecule has 1 aromatic heterocycles. The molecule has 2 rings (SSSR count). The number of rotatable bonds is 6. The molecule has 0 aliphatic carbocycles. The van der Waals surface area contributed by atoms with Crippen molar-refractivity contribution in [3.8, 4) is 0 Å². The normalized spacial score (nSPS) is 10.6. The van der Waals surface area contributed by atoms with Gasteiger partial charge in [-0.05, 0) is 24.6 Å². The van der Waals surface area contributed by atoms with E-state index in [-0.39, 0.29) is 25.3 Å². The molecule has 0 unspecified atom stereocenters. The number of carboxylic acids is 1. The minimum atomic E-state index is -1.08. The van der Waals surface area contributed by atoms with E-state index in [1.54, 1.807) is 6.92 Å². The lowest BCUT2D eigenvalue weighted by atomic mass is 10.2. The zero-order chi connectivity index (χ0) is 17.0. The van der Waals surface area contributed by atoms with E-state index < -0.39 is 23.5 Å². The number of carbonyl (C=O) groups excluding carboxylic acids is 1. The average molecular weight is 324 g/mol. The maximum absolute atomic E-state index is 13.3. The van der Waals surface area contributed by atoms with Crippen molar-refractivity contribution in [3.05, 3.63) is 53.2 Å². The van der Waals surface area contributed by atoms with E-state index in [1.165, 1.54) is 11.0 Å². The number of oxazole rings is 1. The van der Waals surface area contributed by atoms with Crippen molar-refractivity contribution in [1.29, 1.82) is 0 Å². The van der Waals surface area contributed by atoms with Gasteiger partial charge in [-0.15, -0.1) is 0 Å². The fourth-order valence-corrected chi connectivity index (χ4v) is 1.99. The number of aryl methyl sites for hydroxylation is 1. The molecule has 23 heavy (non-hydrogen) atoms. The van der Waals surface area contributed by atoms with Crippen LogP contribution in [0.25, 0.3) is 0 Å². The summed E-state index contributed by atoms with van der Waals surface area (Å²) >= 11 is 0. The van der Waals surface area contributed by atoms with E-state index in [2.05, 4.69) is 4.98 Å². The number of halogens is 2. The number of aliphatic carboxylic acids is 1. The molecule has 1 heterocycles. The van der Waals surface area contributed by atoms with Crippen LogP contribution in [0.2, 0.25) is 0 Å². The molecular formula is C15H14F2N2O4. The molecule has 8 heteroatoms. The third kappa shape index (κ3) is 4.12. The van der Waals surface area contributed by atoms with Gasteiger partial charge in [0, 0.05) is 13.1 Å². The Kier molecular flexibility index (Phi) is 5.05. The minimum Gasteiger partial charge on any atom is -0.481 e. The Labute approximate surface area is 130 Å². The molecule has 1 amide bonds. The van der Waals surface area contributed by atoms with Gasteiger partial charge in [-0.25, -0.2) is 13.8 Å². The Morgan fingerprint density at radius 1 is 1.30 bits per heavy atom. The maximum Gasteiger partial charge on any atom is 0.305 e. The predicted molar refractivity (Wildman–Crippen MR) is 74.6 cm³/mol. The Balaban J connectivity index is 2.22. The highest BCUT2D eigenvalue weighted by Gasteiger charge is 2.22. The number of hydrogen-bond acceptors (Lipinski definition) is 4. The van der Waals surface area contributed by atoms with Gasteiger partial charge in [0.2, 0.25) is 5.76 Å². The van der Waals surface area contributed by atoms with E-state index in [0.717, 1.165) is 18.5 Å². The number of hydrogen-bond donors (Lipinski definition) is 1. The molecule has 0 saturated carbocycles. The lowest BCUT2D eigenvalue weighted by Crippen LogP contribution is -2.32. The van der Waals surface area contributed by atoms with Gasteiger partial charge in [0.25, 0.3) is 5.91 Å². The van der Waals surface area contributed by atoms with Gasteiger partial charge in [0.05, 0.1) is 12.1 Å². The van der Waals surface area contributed by atoms with Gasteiger partial charge in [-0.2, -0.15) is 0 Å². The number of carboxylic acid groups (broad SMARTS) is 1. The van der Waals surface area contributed by atoms with Gasteiger partial charge in [0.1, 0.15) is 0 Å². The van der Waals surface area contributed by atoms with E-state index in [4.69, 9.17) is 9.52 Å². The fourth-order valence-electron chi connectivity index (χ4n) is 1.99. The summed E-state index contributed by atoms with van der Waals surface area (Å²) in [7, 11) is 0. The highest BCUT2D eigenvalue weighted by Crippen LogP contribution is 2.15. The first-order chi connectivity index (χ1) is 10.9. The Hall–Kier alpha value is -2.77. The number of amides is 1. The quantitative estimate of drug-likeness (QED) is 0.882. The summed E-state index contributed by atoms with van der Waals surface area (Å²) in [6, 6.07) is 3.24. The number of nitrogens with zero attached hydrogens (tertiary/aromatic N) is 2. The van der Waals surface area contributed by atoms with Gasteiger partial charge in [-0.1, -0.05) is 6.07 Å². The molecule has 0 radical (unpaired) electrons. The van der Waals surface area contributed by atoms with Crippen molar-refractivity contribution in [1.82, 2.24) is 9.88 Å². The summed E-state index contributed by atoms with van der Waals surface area (Å²) in [4.78, 5) is 28.2. The fraction of sp³-hybridized carbons (Fsp3) is 0.267. The number of benzene rings is 1. The van der Waals surface area contributed by atoms with Crippen LogP contribution < -0.4 is 0 Å². The highest BCUT2D eigenvalue weighted by molar-refractivity contribution is 5.92. The summed E-state index contributed by atoms with van der Waals surface area (Å²) in [5.74, 6) is -3.70. The molecule has 122 valence electrons. The van der Waals surface area contributed by atoms with Crippen molar-refractivity contribution >= 4 is 11.9 Å². The lowest BCUT2D eigenvalue weighted by molar-refractivity contribution is -0.137. The molecule has 0 bridgehead atoms. The SMILES string of the molecule is Cc1ncoc1C(=O)N(CCC(=O)O)Cc1ccc(F)c(F)c1. The van der Waals surface area contributed by atoms with E-state index in [1.807, 2.05) is 0 Å². The second-order valence-electron chi connectivity index (χ2n) is 4.89. The van der Waals surface area contributed by atoms with Crippen LogP contribution >= 0.6 is 0 Å². The summed E-state index contributed by atoms with van der Waals surface area (Å²) in [5, 5.41) is 8.79. The van der Waals surface area contributed by atoms with Gasteiger partial charge < -0.3 is 14.4 Å². The van der Waals surface area contributed by atoms with Gasteiger partial charge >= 0.3 is 5.97 Å². The van der Waals surface area contributed by atoms with Crippen LogP contribution in [0.3, 0.4) is 0 Å². The van der Waals surface area contributed by atoms with Crippen molar-refractivity contribution < 1.29 is 27.9 Å². The molecule has 0 fully saturated rings. The topological polar surface area (TPSA) is 83.6 Å². The number of aromatic nitrogens is 1. The van der Waals surface area contributed by atoms with E-state index >= 15 is 0 Å². The molecule has 0 aliphatic rings. The number of carbonyl (C=O) groups is 2. The smallest absolute Gasteiger partial charge is 0.305 e. The van der Waals surface area contributed by atoms with Crippen LogP contribution in [0.15, 0.2) is 29.0 Å². The molecule has 0 spiro atoms. The first-order valence-electron chi connectivity index (χ1n) is 6.73. The van der Waals surface area contributed by atoms with Crippen molar-refractivity contribution in [2.75, 3.05) is 6.54 Å². The molecule has 0 saturated heterocycles. The van der Waals surface area contributed by atoms with E-state index in [9.17, 15) is 18.4 Å². The van der Waals surface area contributed by atoms with Crippen molar-refractivity contribution in [2.24, 2.45) is 0 Å². The molecule has 2 aromatic rings. The Morgan fingerprint density at radius 3 is 2.61 bits per heavy atom.